The van der Waals surface area contributed by atoms with Gasteiger partial charge in [-0.25, -0.2) is 10.2 Å². The largest absolute Gasteiger partial charge is 0.422 e. The number of amides is 1. The third-order valence-corrected chi connectivity index (χ3v) is 4.18. The molecule has 142 valence electrons. The van der Waals surface area contributed by atoms with Crippen LogP contribution in [-0.4, -0.2) is 32.8 Å². The minimum atomic E-state index is -0.599. The number of hydrogen-bond acceptors (Lipinski definition) is 8. The fraction of sp³-hybridized carbons (Fsp3) is 0.0588. The zero-order valence-electron chi connectivity index (χ0n) is 14.2. The number of nitrogens with one attached hydrogen (secondary N) is 1. The molecule has 1 amide bonds. The number of carbonyl (C=O) groups is 2. The topological polar surface area (TPSA) is 129 Å². The third-order valence-electron chi connectivity index (χ3n) is 3.33. The van der Waals surface area contributed by atoms with Crippen molar-refractivity contribution in [2.45, 2.75) is 6.54 Å². The maximum absolute atomic E-state index is 12.0. The van der Waals surface area contributed by atoms with Crippen LogP contribution in [0.2, 0.25) is 0 Å². The molecule has 0 fully saturated rings. The summed E-state index contributed by atoms with van der Waals surface area (Å²) in [5, 5.41) is 19.9. The number of nitrogens with zero attached hydrogens (tertiary/aromatic N) is 4. The lowest BCUT2D eigenvalue weighted by Crippen LogP contribution is -2.23. The summed E-state index contributed by atoms with van der Waals surface area (Å²) in [5.41, 5.74) is 2.69. The van der Waals surface area contributed by atoms with E-state index < -0.39 is 16.8 Å². The number of esters is 1. The lowest BCUT2D eigenvalue weighted by Gasteiger charge is -2.03. The molecule has 2 aromatic heterocycles. The lowest BCUT2D eigenvalue weighted by atomic mass is 10.2. The van der Waals surface area contributed by atoms with E-state index in [0.29, 0.717) is 16.2 Å². The number of ether oxygens (including phenoxy) is 1. The Bertz CT molecular complexity index is 1030. The van der Waals surface area contributed by atoms with E-state index in [1.807, 2.05) is 0 Å². The monoisotopic (exact) mass is 399 g/mol. The Morgan fingerprint density at radius 2 is 2.21 bits per heavy atom. The number of carbonyl (C=O) groups excluding carboxylic acids is 2. The van der Waals surface area contributed by atoms with Crippen molar-refractivity contribution in [3.05, 3.63) is 74.7 Å². The van der Waals surface area contributed by atoms with E-state index in [9.17, 15) is 19.7 Å². The van der Waals surface area contributed by atoms with Crippen LogP contribution in [0, 0.1) is 10.1 Å². The molecule has 0 unspecified atom stereocenters. The maximum atomic E-state index is 12.0. The number of nitro groups is 1. The van der Waals surface area contributed by atoms with Crippen LogP contribution in [0.3, 0.4) is 0 Å². The van der Waals surface area contributed by atoms with Gasteiger partial charge in [0.15, 0.2) is 0 Å². The Morgan fingerprint density at radius 1 is 1.36 bits per heavy atom. The quantitative estimate of drug-likeness (QED) is 0.213. The first-order chi connectivity index (χ1) is 13.5. The molecular weight excluding hydrogens is 386 g/mol. The number of benzene rings is 1. The van der Waals surface area contributed by atoms with Gasteiger partial charge in [0.25, 0.3) is 5.91 Å². The van der Waals surface area contributed by atoms with Gasteiger partial charge in [-0.1, -0.05) is 18.2 Å². The van der Waals surface area contributed by atoms with E-state index in [-0.39, 0.29) is 12.2 Å². The first kappa shape index (κ1) is 18.9. The Balaban J connectivity index is 1.54. The van der Waals surface area contributed by atoms with Gasteiger partial charge in [0.1, 0.15) is 29.6 Å². The number of thiophene rings is 1. The molecule has 0 spiro atoms. The highest BCUT2D eigenvalue weighted by Gasteiger charge is 2.11. The summed E-state index contributed by atoms with van der Waals surface area (Å²) in [7, 11) is 0. The second-order valence-electron chi connectivity index (χ2n) is 5.39. The average Bonchev–Trinajstić information content (AvgIpc) is 3.34. The average molecular weight is 399 g/mol. The molecule has 3 rings (SSSR count). The van der Waals surface area contributed by atoms with Crippen molar-refractivity contribution in [3.8, 4) is 5.75 Å². The van der Waals surface area contributed by atoms with Crippen molar-refractivity contribution in [3.63, 3.8) is 0 Å². The predicted octanol–water partition coefficient (Wildman–Crippen LogP) is 2.22. The zero-order chi connectivity index (χ0) is 19.9. The van der Waals surface area contributed by atoms with Crippen molar-refractivity contribution >= 4 is 35.1 Å². The molecule has 0 aliphatic rings. The molecule has 0 aliphatic carbocycles. The van der Waals surface area contributed by atoms with Gasteiger partial charge in [-0.15, -0.1) is 11.3 Å². The van der Waals surface area contributed by atoms with Crippen LogP contribution in [0.1, 0.15) is 15.2 Å². The summed E-state index contributed by atoms with van der Waals surface area (Å²) in [6.07, 6.45) is 3.58. The molecule has 11 heteroatoms. The Labute approximate surface area is 162 Å². The SMILES string of the molecule is O=C(Cn1cc([N+](=O)[O-])cn1)N/N=C/c1cccc(OC(=O)c2cccs2)c1. The van der Waals surface area contributed by atoms with Gasteiger partial charge in [0, 0.05) is 0 Å². The molecule has 1 aromatic carbocycles. The summed E-state index contributed by atoms with van der Waals surface area (Å²) in [6, 6.07) is 10.1. The standard InChI is InChI=1S/C17H13N5O5S/c23-16(11-21-10-13(9-19-21)22(25)26)20-18-8-12-3-1-4-14(7-12)27-17(24)15-5-2-6-28-15/h1-10H,11H2,(H,20,23)/b18-8+. The van der Waals surface area contributed by atoms with Gasteiger partial charge in [-0.3, -0.25) is 19.6 Å². The van der Waals surface area contributed by atoms with Crippen LogP contribution in [-0.2, 0) is 11.3 Å². The fourth-order valence-corrected chi connectivity index (χ4v) is 2.70. The van der Waals surface area contributed by atoms with Crippen molar-refractivity contribution in [1.29, 1.82) is 0 Å². The molecule has 0 saturated carbocycles. The number of hydrazone groups is 1. The summed E-state index contributed by atoms with van der Waals surface area (Å²) in [4.78, 5) is 34.2. The van der Waals surface area contributed by atoms with Crippen LogP contribution in [0.4, 0.5) is 5.69 Å². The van der Waals surface area contributed by atoms with Crippen LogP contribution in [0.5, 0.6) is 5.75 Å². The van der Waals surface area contributed by atoms with Crippen LogP contribution in [0.25, 0.3) is 0 Å². The number of aromatic nitrogens is 2. The number of hydrogen-bond donors (Lipinski definition) is 1. The van der Waals surface area contributed by atoms with E-state index in [0.717, 1.165) is 17.1 Å². The van der Waals surface area contributed by atoms with Gasteiger partial charge in [0.2, 0.25) is 0 Å². The van der Waals surface area contributed by atoms with E-state index in [4.69, 9.17) is 4.74 Å². The van der Waals surface area contributed by atoms with Gasteiger partial charge in [-0.2, -0.15) is 10.2 Å². The molecule has 2 heterocycles. The Hall–Kier alpha value is -3.86. The maximum Gasteiger partial charge on any atom is 0.353 e. The van der Waals surface area contributed by atoms with E-state index in [2.05, 4.69) is 15.6 Å². The number of rotatable bonds is 7. The van der Waals surface area contributed by atoms with Crippen molar-refractivity contribution in [2.75, 3.05) is 0 Å². The normalized spacial score (nSPS) is 10.7. The van der Waals surface area contributed by atoms with Gasteiger partial charge >= 0.3 is 11.7 Å². The molecular formula is C17H13N5O5S. The second-order valence-corrected chi connectivity index (χ2v) is 6.33. The highest BCUT2D eigenvalue weighted by Crippen LogP contribution is 2.16. The molecule has 0 atom stereocenters. The van der Waals surface area contributed by atoms with E-state index in [1.54, 1.807) is 41.8 Å². The van der Waals surface area contributed by atoms with Crippen molar-refractivity contribution in [2.24, 2.45) is 5.10 Å². The minimum absolute atomic E-state index is 0.204. The summed E-state index contributed by atoms with van der Waals surface area (Å²) in [6.45, 7) is -0.219. The Kier molecular flexibility index (Phi) is 5.87. The Morgan fingerprint density at radius 3 is 2.93 bits per heavy atom. The first-order valence-electron chi connectivity index (χ1n) is 7.86. The first-order valence-corrected chi connectivity index (χ1v) is 8.74. The third kappa shape index (κ3) is 5.08. The van der Waals surface area contributed by atoms with E-state index >= 15 is 0 Å². The van der Waals surface area contributed by atoms with Gasteiger partial charge in [0.05, 0.1) is 11.1 Å². The fourth-order valence-electron chi connectivity index (χ4n) is 2.11. The van der Waals surface area contributed by atoms with Crippen LogP contribution < -0.4 is 10.2 Å². The highest BCUT2D eigenvalue weighted by atomic mass is 32.1. The molecule has 10 nitrogen and oxygen atoms in total. The highest BCUT2D eigenvalue weighted by molar-refractivity contribution is 7.12. The van der Waals surface area contributed by atoms with Gasteiger partial charge in [-0.05, 0) is 29.1 Å². The minimum Gasteiger partial charge on any atom is -0.422 e. The summed E-state index contributed by atoms with van der Waals surface area (Å²) >= 11 is 1.28. The van der Waals surface area contributed by atoms with Crippen LogP contribution >= 0.6 is 11.3 Å². The van der Waals surface area contributed by atoms with Gasteiger partial charge < -0.3 is 4.74 Å². The molecule has 0 radical (unpaired) electrons. The summed E-state index contributed by atoms with van der Waals surface area (Å²) in [5.74, 6) is -0.613. The molecule has 0 saturated heterocycles. The molecule has 28 heavy (non-hydrogen) atoms. The smallest absolute Gasteiger partial charge is 0.353 e. The predicted molar refractivity (Wildman–Crippen MR) is 100 cm³/mol. The molecule has 1 N–H and O–H groups in total. The molecule has 3 aromatic rings. The molecule has 0 aliphatic heterocycles. The second kappa shape index (κ2) is 8.68. The summed E-state index contributed by atoms with van der Waals surface area (Å²) < 4.78 is 6.42. The molecule has 0 bridgehead atoms. The van der Waals surface area contributed by atoms with Crippen LogP contribution in [0.15, 0.2) is 59.3 Å². The lowest BCUT2D eigenvalue weighted by molar-refractivity contribution is -0.385. The zero-order valence-corrected chi connectivity index (χ0v) is 15.0. The van der Waals surface area contributed by atoms with E-state index in [1.165, 1.54) is 17.6 Å². The van der Waals surface area contributed by atoms with Crippen molar-refractivity contribution in [1.82, 2.24) is 15.2 Å². The van der Waals surface area contributed by atoms with Crippen molar-refractivity contribution < 1.29 is 19.2 Å².